The van der Waals surface area contributed by atoms with E-state index in [1.165, 1.54) is 10.4 Å². The molecule has 0 N–H and O–H groups in total. The minimum atomic E-state index is -3.79. The summed E-state index contributed by atoms with van der Waals surface area (Å²) in [6, 6.07) is 1.37. The SMILES string of the molecule is COCCCN1CC2(OCCO2)c2cc(S(C)(=O)=O)sc2S1(=O)=O. The molecular formula is C13H19NO7S3. The minimum Gasteiger partial charge on any atom is -0.385 e. The Balaban J connectivity index is 2.09. The van der Waals surface area contributed by atoms with E-state index in [1.54, 1.807) is 7.11 Å². The molecule has 0 radical (unpaired) electrons. The van der Waals surface area contributed by atoms with Gasteiger partial charge in [-0.05, 0) is 12.5 Å². The van der Waals surface area contributed by atoms with Crippen LogP contribution in [0.4, 0.5) is 0 Å². The first-order valence-electron chi connectivity index (χ1n) is 7.32. The van der Waals surface area contributed by atoms with Crippen molar-refractivity contribution in [1.29, 1.82) is 0 Å². The molecule has 136 valence electrons. The van der Waals surface area contributed by atoms with Gasteiger partial charge in [-0.1, -0.05) is 0 Å². The molecule has 11 heteroatoms. The molecule has 0 unspecified atom stereocenters. The third kappa shape index (κ3) is 3.02. The van der Waals surface area contributed by atoms with Gasteiger partial charge in [0.25, 0.3) is 10.0 Å². The molecule has 1 saturated heterocycles. The fourth-order valence-electron chi connectivity index (χ4n) is 2.80. The van der Waals surface area contributed by atoms with Gasteiger partial charge in [-0.15, -0.1) is 11.3 Å². The maximum atomic E-state index is 12.9. The van der Waals surface area contributed by atoms with E-state index in [4.69, 9.17) is 14.2 Å². The van der Waals surface area contributed by atoms with Crippen molar-refractivity contribution in [2.45, 2.75) is 20.6 Å². The monoisotopic (exact) mass is 397 g/mol. The lowest BCUT2D eigenvalue weighted by Crippen LogP contribution is -2.49. The van der Waals surface area contributed by atoms with E-state index < -0.39 is 25.6 Å². The van der Waals surface area contributed by atoms with Crippen LogP contribution in [0.5, 0.6) is 0 Å². The standard InChI is InChI=1S/C13H19NO7S3/c1-19-5-3-4-14-9-13(20-6-7-21-13)10-8-11(23(2,15)16)22-12(10)24(14,17)18/h8H,3-7,9H2,1-2H3. The fraction of sp³-hybridized carbons (Fsp3) is 0.692. The second-order valence-electron chi connectivity index (χ2n) is 5.67. The number of hydrogen-bond acceptors (Lipinski definition) is 8. The number of hydrogen-bond donors (Lipinski definition) is 0. The summed E-state index contributed by atoms with van der Waals surface area (Å²) in [4.78, 5) is 0. The molecule has 1 spiro atoms. The highest BCUT2D eigenvalue weighted by Gasteiger charge is 2.52. The molecule has 0 bridgehead atoms. The van der Waals surface area contributed by atoms with Crippen molar-refractivity contribution in [1.82, 2.24) is 4.31 Å². The number of rotatable bonds is 5. The lowest BCUT2D eigenvalue weighted by Gasteiger charge is -2.37. The lowest BCUT2D eigenvalue weighted by atomic mass is 10.1. The molecule has 1 aromatic heterocycles. The zero-order valence-corrected chi connectivity index (χ0v) is 15.8. The van der Waals surface area contributed by atoms with Crippen LogP contribution < -0.4 is 0 Å². The van der Waals surface area contributed by atoms with Crippen LogP contribution in [0.2, 0.25) is 0 Å². The average molecular weight is 397 g/mol. The van der Waals surface area contributed by atoms with Gasteiger partial charge in [-0.3, -0.25) is 0 Å². The van der Waals surface area contributed by atoms with E-state index in [2.05, 4.69) is 0 Å². The second kappa shape index (κ2) is 6.31. The highest BCUT2D eigenvalue weighted by Crippen LogP contribution is 2.46. The van der Waals surface area contributed by atoms with E-state index in [-0.39, 0.29) is 27.1 Å². The van der Waals surface area contributed by atoms with Crippen molar-refractivity contribution in [3.05, 3.63) is 11.6 Å². The van der Waals surface area contributed by atoms with Crippen LogP contribution >= 0.6 is 11.3 Å². The van der Waals surface area contributed by atoms with Crippen molar-refractivity contribution in [2.75, 3.05) is 46.3 Å². The Morgan fingerprint density at radius 2 is 2.04 bits per heavy atom. The Morgan fingerprint density at radius 3 is 2.62 bits per heavy atom. The predicted molar refractivity (Wildman–Crippen MR) is 86.3 cm³/mol. The number of methoxy groups -OCH3 is 1. The van der Waals surface area contributed by atoms with Gasteiger partial charge in [-0.25, -0.2) is 16.8 Å². The van der Waals surface area contributed by atoms with Crippen LogP contribution in [-0.4, -0.2) is 67.4 Å². The predicted octanol–water partition coefficient (Wildman–Crippen LogP) is 0.392. The lowest BCUT2D eigenvalue weighted by molar-refractivity contribution is -0.175. The molecule has 3 heterocycles. The van der Waals surface area contributed by atoms with Crippen LogP contribution in [0, 0.1) is 0 Å². The van der Waals surface area contributed by atoms with Crippen LogP contribution in [0.15, 0.2) is 14.5 Å². The smallest absolute Gasteiger partial charge is 0.253 e. The van der Waals surface area contributed by atoms with E-state index in [1.807, 2.05) is 0 Å². The molecule has 1 aromatic rings. The Bertz CT molecular complexity index is 822. The second-order valence-corrected chi connectivity index (χ2v) is 11.1. The van der Waals surface area contributed by atoms with Gasteiger partial charge in [0.1, 0.15) is 8.42 Å². The summed E-state index contributed by atoms with van der Waals surface area (Å²) in [6.45, 7) is 1.33. The topological polar surface area (TPSA) is 99.2 Å². The highest BCUT2D eigenvalue weighted by atomic mass is 32.3. The summed E-state index contributed by atoms with van der Waals surface area (Å²) in [5.74, 6) is -1.23. The van der Waals surface area contributed by atoms with Crippen molar-refractivity contribution < 1.29 is 31.0 Å². The Kier molecular flexibility index (Phi) is 4.79. The van der Waals surface area contributed by atoms with Crippen LogP contribution in [0.3, 0.4) is 0 Å². The largest absolute Gasteiger partial charge is 0.385 e. The molecule has 24 heavy (non-hydrogen) atoms. The summed E-state index contributed by atoms with van der Waals surface area (Å²) in [7, 11) is -5.77. The molecule has 0 atom stereocenters. The van der Waals surface area contributed by atoms with Gasteiger partial charge in [0, 0.05) is 32.1 Å². The number of sulfonamides is 1. The minimum absolute atomic E-state index is 0.00594. The van der Waals surface area contributed by atoms with Gasteiger partial charge < -0.3 is 14.2 Å². The maximum Gasteiger partial charge on any atom is 0.253 e. The van der Waals surface area contributed by atoms with Crippen molar-refractivity contribution in [2.24, 2.45) is 0 Å². The summed E-state index contributed by atoms with van der Waals surface area (Å²) in [6.07, 6.45) is 1.57. The van der Waals surface area contributed by atoms with Gasteiger partial charge in [0.05, 0.1) is 19.8 Å². The molecule has 0 amide bonds. The van der Waals surface area contributed by atoms with Crippen molar-refractivity contribution in [3.63, 3.8) is 0 Å². The molecule has 0 aromatic carbocycles. The van der Waals surface area contributed by atoms with Gasteiger partial charge >= 0.3 is 0 Å². The zero-order chi connectivity index (χ0) is 17.6. The molecule has 2 aliphatic heterocycles. The number of ether oxygens (including phenoxy) is 3. The molecular weight excluding hydrogens is 378 g/mol. The molecule has 2 aliphatic rings. The van der Waals surface area contributed by atoms with Gasteiger partial charge in [0.2, 0.25) is 5.79 Å². The molecule has 1 fully saturated rings. The van der Waals surface area contributed by atoms with E-state index in [9.17, 15) is 16.8 Å². The molecule has 0 aliphatic carbocycles. The van der Waals surface area contributed by atoms with E-state index >= 15 is 0 Å². The quantitative estimate of drug-likeness (QED) is 0.663. The van der Waals surface area contributed by atoms with E-state index in [0.29, 0.717) is 26.2 Å². The number of thiophene rings is 1. The normalized spacial score (nSPS) is 22.8. The van der Waals surface area contributed by atoms with Crippen molar-refractivity contribution in [3.8, 4) is 0 Å². The first-order chi connectivity index (χ1) is 11.2. The number of sulfone groups is 1. The first kappa shape index (κ1) is 18.2. The third-order valence-electron chi connectivity index (χ3n) is 3.92. The summed E-state index contributed by atoms with van der Waals surface area (Å²) in [5.41, 5.74) is 0.286. The maximum absolute atomic E-state index is 12.9. The Labute approximate surface area is 145 Å². The molecule has 3 rings (SSSR count). The summed E-state index contributed by atoms with van der Waals surface area (Å²) >= 11 is 0.744. The van der Waals surface area contributed by atoms with Gasteiger partial charge in [-0.2, -0.15) is 4.31 Å². The Morgan fingerprint density at radius 1 is 1.38 bits per heavy atom. The average Bonchev–Trinajstić information content (AvgIpc) is 3.12. The van der Waals surface area contributed by atoms with E-state index in [0.717, 1.165) is 17.6 Å². The molecule has 0 saturated carbocycles. The summed E-state index contributed by atoms with van der Waals surface area (Å²) < 4.78 is 67.1. The third-order valence-corrected chi connectivity index (χ3v) is 9.21. The molecule has 8 nitrogen and oxygen atoms in total. The Hall–Kier alpha value is -0.560. The summed E-state index contributed by atoms with van der Waals surface area (Å²) in [5, 5.41) is 0. The van der Waals surface area contributed by atoms with Crippen LogP contribution in [0.25, 0.3) is 0 Å². The highest BCUT2D eigenvalue weighted by molar-refractivity contribution is 7.94. The van der Waals surface area contributed by atoms with Crippen LogP contribution in [0.1, 0.15) is 12.0 Å². The fourth-order valence-corrected chi connectivity index (χ4v) is 7.27. The number of fused-ring (bicyclic) bond motifs is 2. The van der Waals surface area contributed by atoms with Crippen LogP contribution in [-0.2, 0) is 39.9 Å². The first-order valence-corrected chi connectivity index (χ1v) is 11.5. The number of nitrogens with zero attached hydrogens (tertiary/aromatic N) is 1. The van der Waals surface area contributed by atoms with Gasteiger partial charge in [0.15, 0.2) is 9.84 Å². The van der Waals surface area contributed by atoms with Crippen molar-refractivity contribution >= 4 is 31.2 Å². The zero-order valence-electron chi connectivity index (χ0n) is 13.3.